The van der Waals surface area contributed by atoms with Crippen LogP contribution in [-0.4, -0.2) is 17.3 Å². The van der Waals surface area contributed by atoms with Crippen LogP contribution in [0.25, 0.3) is 0 Å². The van der Waals surface area contributed by atoms with E-state index in [1.54, 1.807) is 32.0 Å². The molecule has 118 valence electrons. The largest absolute Gasteiger partial charge is 0.489 e. The Hall–Kier alpha value is -1.91. The maximum atomic E-state index is 13.5. The zero-order valence-electron chi connectivity index (χ0n) is 13.0. The summed E-state index contributed by atoms with van der Waals surface area (Å²) < 4.78 is 19.2. The van der Waals surface area contributed by atoms with Gasteiger partial charge in [-0.2, -0.15) is 0 Å². The summed E-state index contributed by atoms with van der Waals surface area (Å²) >= 11 is 0. The van der Waals surface area contributed by atoms with Crippen molar-refractivity contribution >= 4 is 0 Å². The predicted octanol–water partition coefficient (Wildman–Crippen LogP) is 3.27. The second kappa shape index (κ2) is 7.38. The Morgan fingerprint density at radius 2 is 1.91 bits per heavy atom. The van der Waals surface area contributed by atoms with Crippen LogP contribution < -0.4 is 10.1 Å². The molecule has 2 aromatic carbocycles. The standard InChI is InChI=1S/C18H22FNO2/c1-18(2,21)13-20-11-14-6-5-8-16(10-14)22-12-15-7-3-4-9-17(15)19/h3-10,20-21H,11-13H2,1-2H3. The molecule has 0 atom stereocenters. The molecule has 0 spiro atoms. The van der Waals surface area contributed by atoms with Crippen molar-refractivity contribution in [3.05, 3.63) is 65.5 Å². The van der Waals surface area contributed by atoms with Crippen LogP contribution in [0.5, 0.6) is 5.75 Å². The molecule has 0 saturated heterocycles. The molecule has 0 radical (unpaired) electrons. The molecule has 2 aromatic rings. The topological polar surface area (TPSA) is 41.5 Å². The molecule has 0 aromatic heterocycles. The third kappa shape index (κ3) is 5.47. The average molecular weight is 303 g/mol. The zero-order valence-corrected chi connectivity index (χ0v) is 13.0. The Kier molecular flexibility index (Phi) is 5.52. The van der Waals surface area contributed by atoms with Crippen LogP contribution in [0.4, 0.5) is 4.39 Å². The van der Waals surface area contributed by atoms with Gasteiger partial charge in [-0.05, 0) is 37.6 Å². The fourth-order valence-electron chi connectivity index (χ4n) is 2.03. The molecule has 2 rings (SSSR count). The van der Waals surface area contributed by atoms with Gasteiger partial charge in [-0.1, -0.05) is 30.3 Å². The molecule has 3 nitrogen and oxygen atoms in total. The lowest BCUT2D eigenvalue weighted by atomic mass is 10.1. The minimum atomic E-state index is -0.737. The molecule has 22 heavy (non-hydrogen) atoms. The van der Waals surface area contributed by atoms with Crippen LogP contribution in [0.15, 0.2) is 48.5 Å². The Bertz CT molecular complexity index is 608. The molecule has 0 amide bonds. The van der Waals surface area contributed by atoms with Gasteiger partial charge in [0.15, 0.2) is 0 Å². The molecule has 0 aliphatic carbocycles. The van der Waals surface area contributed by atoms with Crippen molar-refractivity contribution in [1.82, 2.24) is 5.32 Å². The maximum Gasteiger partial charge on any atom is 0.129 e. The van der Waals surface area contributed by atoms with Gasteiger partial charge in [0.1, 0.15) is 18.2 Å². The summed E-state index contributed by atoms with van der Waals surface area (Å²) in [5.41, 5.74) is 0.849. The van der Waals surface area contributed by atoms with Gasteiger partial charge in [-0.25, -0.2) is 4.39 Å². The summed E-state index contributed by atoms with van der Waals surface area (Å²) in [7, 11) is 0. The highest BCUT2D eigenvalue weighted by Gasteiger charge is 2.11. The number of nitrogens with one attached hydrogen (secondary N) is 1. The average Bonchev–Trinajstić information content (AvgIpc) is 2.45. The van der Waals surface area contributed by atoms with E-state index in [0.29, 0.717) is 24.4 Å². The summed E-state index contributed by atoms with van der Waals surface area (Å²) in [4.78, 5) is 0. The Morgan fingerprint density at radius 3 is 2.64 bits per heavy atom. The van der Waals surface area contributed by atoms with Crippen molar-refractivity contribution in [3.8, 4) is 5.75 Å². The van der Waals surface area contributed by atoms with Crippen LogP contribution in [0.2, 0.25) is 0 Å². The zero-order chi connectivity index (χ0) is 16.0. The lowest BCUT2D eigenvalue weighted by Gasteiger charge is -2.17. The van der Waals surface area contributed by atoms with Gasteiger partial charge in [0.25, 0.3) is 0 Å². The van der Waals surface area contributed by atoms with E-state index < -0.39 is 5.60 Å². The predicted molar refractivity (Wildman–Crippen MR) is 85.2 cm³/mol. The summed E-state index contributed by atoms with van der Waals surface area (Å²) in [6, 6.07) is 14.2. The van der Waals surface area contributed by atoms with Crippen molar-refractivity contribution in [2.75, 3.05) is 6.54 Å². The van der Waals surface area contributed by atoms with Crippen LogP contribution in [0, 0.1) is 5.82 Å². The third-order valence-electron chi connectivity index (χ3n) is 3.14. The molecule has 0 saturated carbocycles. The summed E-state index contributed by atoms with van der Waals surface area (Å²) in [5, 5.41) is 12.9. The van der Waals surface area contributed by atoms with Crippen molar-refractivity contribution in [2.45, 2.75) is 32.6 Å². The van der Waals surface area contributed by atoms with Gasteiger partial charge in [0.2, 0.25) is 0 Å². The highest BCUT2D eigenvalue weighted by atomic mass is 19.1. The number of ether oxygens (including phenoxy) is 1. The fraction of sp³-hybridized carbons (Fsp3) is 0.333. The first kappa shape index (κ1) is 16.5. The molecule has 0 fully saturated rings. The van der Waals surface area contributed by atoms with Crippen molar-refractivity contribution in [2.24, 2.45) is 0 Å². The molecule has 2 N–H and O–H groups in total. The second-order valence-electron chi connectivity index (χ2n) is 5.94. The van der Waals surface area contributed by atoms with E-state index in [1.807, 2.05) is 24.3 Å². The van der Waals surface area contributed by atoms with E-state index in [2.05, 4.69) is 5.32 Å². The fourth-order valence-corrected chi connectivity index (χ4v) is 2.03. The highest BCUT2D eigenvalue weighted by molar-refractivity contribution is 5.29. The minimum Gasteiger partial charge on any atom is -0.489 e. The third-order valence-corrected chi connectivity index (χ3v) is 3.14. The normalized spacial score (nSPS) is 11.5. The minimum absolute atomic E-state index is 0.202. The molecule has 0 heterocycles. The van der Waals surface area contributed by atoms with E-state index in [9.17, 15) is 9.50 Å². The van der Waals surface area contributed by atoms with Crippen molar-refractivity contribution in [3.63, 3.8) is 0 Å². The molecule has 4 heteroatoms. The molecule has 0 aliphatic heterocycles. The quantitative estimate of drug-likeness (QED) is 0.825. The van der Waals surface area contributed by atoms with Crippen LogP contribution >= 0.6 is 0 Å². The van der Waals surface area contributed by atoms with Crippen LogP contribution in [0.3, 0.4) is 0 Å². The van der Waals surface area contributed by atoms with E-state index in [0.717, 1.165) is 5.56 Å². The molecular weight excluding hydrogens is 281 g/mol. The van der Waals surface area contributed by atoms with Crippen LogP contribution in [0.1, 0.15) is 25.0 Å². The monoisotopic (exact) mass is 303 g/mol. The number of hydrogen-bond donors (Lipinski definition) is 2. The van der Waals surface area contributed by atoms with Crippen LogP contribution in [-0.2, 0) is 13.2 Å². The molecule has 0 unspecified atom stereocenters. The van der Waals surface area contributed by atoms with Gasteiger partial charge in [0.05, 0.1) is 5.60 Å². The smallest absolute Gasteiger partial charge is 0.129 e. The number of hydrogen-bond acceptors (Lipinski definition) is 3. The van der Waals surface area contributed by atoms with E-state index in [1.165, 1.54) is 6.07 Å². The first-order chi connectivity index (χ1) is 10.4. The Morgan fingerprint density at radius 1 is 1.14 bits per heavy atom. The van der Waals surface area contributed by atoms with Crippen molar-refractivity contribution in [1.29, 1.82) is 0 Å². The Labute approximate surface area is 130 Å². The van der Waals surface area contributed by atoms with Gasteiger partial charge in [0, 0.05) is 18.7 Å². The number of rotatable bonds is 7. The van der Waals surface area contributed by atoms with E-state index >= 15 is 0 Å². The second-order valence-corrected chi connectivity index (χ2v) is 5.94. The first-order valence-corrected chi connectivity index (χ1v) is 7.32. The molecule has 0 aliphatic rings. The lowest BCUT2D eigenvalue weighted by Crippen LogP contribution is -2.34. The SMILES string of the molecule is CC(C)(O)CNCc1cccc(OCc2ccccc2F)c1. The highest BCUT2D eigenvalue weighted by Crippen LogP contribution is 2.16. The number of aliphatic hydroxyl groups is 1. The number of benzene rings is 2. The van der Waals surface area contributed by atoms with Crippen molar-refractivity contribution < 1.29 is 14.2 Å². The summed E-state index contributed by atoms with van der Waals surface area (Å²) in [6.07, 6.45) is 0. The lowest BCUT2D eigenvalue weighted by molar-refractivity contribution is 0.0795. The molecular formula is C18H22FNO2. The Balaban J connectivity index is 1.90. The van der Waals surface area contributed by atoms with E-state index in [-0.39, 0.29) is 12.4 Å². The molecule has 0 bridgehead atoms. The number of halogens is 1. The summed E-state index contributed by atoms with van der Waals surface area (Å²) in [5.74, 6) is 0.441. The van der Waals surface area contributed by atoms with Gasteiger partial charge < -0.3 is 15.2 Å². The maximum absolute atomic E-state index is 13.5. The first-order valence-electron chi connectivity index (χ1n) is 7.32. The van der Waals surface area contributed by atoms with Gasteiger partial charge in [-0.3, -0.25) is 0 Å². The summed E-state index contributed by atoms with van der Waals surface area (Å²) in [6.45, 7) is 4.86. The van der Waals surface area contributed by atoms with E-state index in [4.69, 9.17) is 4.74 Å². The van der Waals surface area contributed by atoms with Gasteiger partial charge >= 0.3 is 0 Å². The van der Waals surface area contributed by atoms with Gasteiger partial charge in [-0.15, -0.1) is 0 Å².